The first-order valence-corrected chi connectivity index (χ1v) is 6.10. The predicted octanol–water partition coefficient (Wildman–Crippen LogP) is 3.12. The lowest BCUT2D eigenvalue weighted by Crippen LogP contribution is -2.23. The van der Waals surface area contributed by atoms with Crippen LogP contribution in [-0.2, 0) is 4.74 Å². The van der Waals surface area contributed by atoms with E-state index in [1.807, 2.05) is 13.8 Å². The molecule has 0 radical (unpaired) electrons. The average molecular weight is 302 g/mol. The van der Waals surface area contributed by atoms with Crippen molar-refractivity contribution in [3.8, 4) is 0 Å². The second kappa shape index (κ2) is 5.58. The Bertz CT molecular complexity index is 651. The number of hydrogen-bond donors (Lipinski definition) is 1. The molecule has 0 saturated heterocycles. The Kier molecular flexibility index (Phi) is 4.01. The molecular formula is C12H13F3N4O2. The number of fused-ring (bicyclic) bond motifs is 1. The fourth-order valence-corrected chi connectivity index (χ4v) is 1.69. The number of anilines is 1. The summed E-state index contributed by atoms with van der Waals surface area (Å²) in [5, 5.41) is 6.99. The van der Waals surface area contributed by atoms with Crippen LogP contribution in [0.15, 0.2) is 18.5 Å². The van der Waals surface area contributed by atoms with Gasteiger partial charge in [-0.25, -0.2) is 14.5 Å². The number of alkyl halides is 3. The second-order valence-corrected chi connectivity index (χ2v) is 4.64. The Balaban J connectivity index is 2.08. The third-order valence-corrected chi connectivity index (χ3v) is 2.54. The molecule has 0 aliphatic carbocycles. The van der Waals surface area contributed by atoms with E-state index in [-0.39, 0.29) is 11.7 Å². The number of hydrogen-bond acceptors (Lipinski definition) is 4. The molecule has 2 aromatic heterocycles. The minimum absolute atomic E-state index is 0.116. The summed E-state index contributed by atoms with van der Waals surface area (Å²) in [4.78, 5) is 15.4. The van der Waals surface area contributed by atoms with E-state index >= 15 is 0 Å². The summed E-state index contributed by atoms with van der Waals surface area (Å²) in [5.74, 6) is 0. The smallest absolute Gasteiger partial charge is 0.422 e. The normalized spacial score (nSPS) is 11.9. The van der Waals surface area contributed by atoms with E-state index in [0.717, 1.165) is 0 Å². The lowest BCUT2D eigenvalue weighted by molar-refractivity contribution is -0.159. The van der Waals surface area contributed by atoms with Gasteiger partial charge in [-0.05, 0) is 19.9 Å². The van der Waals surface area contributed by atoms with Crippen molar-refractivity contribution >= 4 is 22.8 Å². The molecule has 0 saturated carbocycles. The summed E-state index contributed by atoms with van der Waals surface area (Å²) in [5.41, 5.74) is 0.859. The Morgan fingerprint density at radius 3 is 2.76 bits per heavy atom. The van der Waals surface area contributed by atoms with E-state index in [1.54, 1.807) is 16.9 Å². The molecule has 1 amide bonds. The zero-order valence-corrected chi connectivity index (χ0v) is 11.3. The molecule has 0 aliphatic heterocycles. The molecule has 0 atom stereocenters. The van der Waals surface area contributed by atoms with Gasteiger partial charge in [0, 0.05) is 11.4 Å². The van der Waals surface area contributed by atoms with E-state index in [0.29, 0.717) is 11.0 Å². The summed E-state index contributed by atoms with van der Waals surface area (Å²) in [6.07, 6.45) is -2.85. The summed E-state index contributed by atoms with van der Waals surface area (Å²) in [7, 11) is 0. The molecule has 2 heterocycles. The molecule has 0 bridgehead atoms. The number of halogens is 3. The molecule has 114 valence electrons. The van der Waals surface area contributed by atoms with Crippen molar-refractivity contribution in [1.82, 2.24) is 14.8 Å². The number of amides is 1. The zero-order valence-electron chi connectivity index (χ0n) is 11.3. The maximum atomic E-state index is 11.9. The molecular weight excluding hydrogens is 289 g/mol. The molecule has 1 N–H and O–H groups in total. The molecule has 0 spiro atoms. The maximum Gasteiger partial charge on any atom is 0.422 e. The van der Waals surface area contributed by atoms with Gasteiger partial charge < -0.3 is 4.74 Å². The number of aromatic nitrogens is 3. The van der Waals surface area contributed by atoms with E-state index in [4.69, 9.17) is 0 Å². The molecule has 0 aromatic carbocycles. The van der Waals surface area contributed by atoms with Crippen LogP contribution in [0.25, 0.3) is 11.0 Å². The van der Waals surface area contributed by atoms with Gasteiger partial charge in [-0.15, -0.1) is 0 Å². The highest BCUT2D eigenvalue weighted by molar-refractivity contribution is 5.88. The Morgan fingerprint density at radius 1 is 1.43 bits per heavy atom. The molecule has 0 aliphatic rings. The van der Waals surface area contributed by atoms with Gasteiger partial charge in [0.05, 0.1) is 18.1 Å². The van der Waals surface area contributed by atoms with Crippen molar-refractivity contribution in [3.63, 3.8) is 0 Å². The quantitative estimate of drug-likeness (QED) is 0.945. The number of pyridine rings is 1. The number of carbonyl (C=O) groups is 1. The largest absolute Gasteiger partial charge is 0.440 e. The first-order chi connectivity index (χ1) is 9.76. The van der Waals surface area contributed by atoms with Gasteiger partial charge in [-0.1, -0.05) is 0 Å². The van der Waals surface area contributed by atoms with Crippen LogP contribution in [0.3, 0.4) is 0 Å². The highest BCUT2D eigenvalue weighted by Gasteiger charge is 2.29. The van der Waals surface area contributed by atoms with Crippen LogP contribution in [0.5, 0.6) is 0 Å². The number of rotatable bonds is 3. The van der Waals surface area contributed by atoms with Crippen LogP contribution in [0, 0.1) is 0 Å². The third kappa shape index (κ3) is 3.83. The first kappa shape index (κ1) is 15.1. The van der Waals surface area contributed by atoms with Crippen LogP contribution in [0.2, 0.25) is 0 Å². The lowest BCUT2D eigenvalue weighted by atomic mass is 10.3. The predicted molar refractivity (Wildman–Crippen MR) is 68.9 cm³/mol. The SMILES string of the molecule is CC(C)n1ncc2cc(NC(=O)OCC(F)(F)F)cnc21. The molecule has 9 heteroatoms. The number of ether oxygens (including phenoxy) is 1. The highest BCUT2D eigenvalue weighted by Crippen LogP contribution is 2.19. The van der Waals surface area contributed by atoms with Gasteiger partial charge in [0.1, 0.15) is 0 Å². The van der Waals surface area contributed by atoms with Crippen molar-refractivity contribution in [2.75, 3.05) is 11.9 Å². The molecule has 2 rings (SSSR count). The average Bonchev–Trinajstić information content (AvgIpc) is 2.78. The van der Waals surface area contributed by atoms with E-state index in [2.05, 4.69) is 20.1 Å². The Morgan fingerprint density at radius 2 is 2.14 bits per heavy atom. The fourth-order valence-electron chi connectivity index (χ4n) is 1.69. The third-order valence-electron chi connectivity index (χ3n) is 2.54. The molecule has 0 unspecified atom stereocenters. The standard InChI is InChI=1S/C12H13F3N4O2/c1-7(2)19-10-8(4-17-19)3-9(5-16-10)18-11(20)21-6-12(13,14)15/h3-5,7H,6H2,1-2H3,(H,18,20). The van der Waals surface area contributed by atoms with Crippen molar-refractivity contribution in [3.05, 3.63) is 18.5 Å². The van der Waals surface area contributed by atoms with Gasteiger partial charge in [-0.2, -0.15) is 18.3 Å². The van der Waals surface area contributed by atoms with E-state index in [1.165, 1.54) is 6.20 Å². The fraction of sp³-hybridized carbons (Fsp3) is 0.417. The minimum atomic E-state index is -4.56. The highest BCUT2D eigenvalue weighted by atomic mass is 19.4. The van der Waals surface area contributed by atoms with Crippen molar-refractivity contribution in [2.45, 2.75) is 26.1 Å². The lowest BCUT2D eigenvalue weighted by Gasteiger charge is -2.09. The maximum absolute atomic E-state index is 11.9. The Labute approximate surface area is 117 Å². The van der Waals surface area contributed by atoms with Crippen LogP contribution in [0.1, 0.15) is 19.9 Å². The van der Waals surface area contributed by atoms with Gasteiger partial charge >= 0.3 is 12.3 Å². The minimum Gasteiger partial charge on any atom is -0.440 e. The van der Waals surface area contributed by atoms with Crippen molar-refractivity contribution < 1.29 is 22.7 Å². The molecule has 21 heavy (non-hydrogen) atoms. The monoisotopic (exact) mass is 302 g/mol. The second-order valence-electron chi connectivity index (χ2n) is 4.64. The van der Waals surface area contributed by atoms with Crippen molar-refractivity contribution in [1.29, 1.82) is 0 Å². The van der Waals surface area contributed by atoms with Crippen LogP contribution in [-0.4, -0.2) is 33.6 Å². The summed E-state index contributed by atoms with van der Waals surface area (Å²) in [6, 6.07) is 1.67. The number of carbonyl (C=O) groups excluding carboxylic acids is 1. The van der Waals surface area contributed by atoms with E-state index < -0.39 is 18.9 Å². The topological polar surface area (TPSA) is 69.0 Å². The van der Waals surface area contributed by atoms with Crippen LogP contribution < -0.4 is 5.32 Å². The number of nitrogens with one attached hydrogen (secondary N) is 1. The van der Waals surface area contributed by atoms with Gasteiger partial charge in [-0.3, -0.25) is 5.32 Å². The zero-order chi connectivity index (χ0) is 15.6. The van der Waals surface area contributed by atoms with Gasteiger partial charge in [0.2, 0.25) is 0 Å². The van der Waals surface area contributed by atoms with Crippen LogP contribution in [0.4, 0.5) is 23.7 Å². The van der Waals surface area contributed by atoms with Gasteiger partial charge in [0.25, 0.3) is 0 Å². The summed E-state index contributed by atoms with van der Waals surface area (Å²) < 4.78 is 41.5. The first-order valence-electron chi connectivity index (χ1n) is 6.10. The van der Waals surface area contributed by atoms with E-state index in [9.17, 15) is 18.0 Å². The molecule has 2 aromatic rings. The summed E-state index contributed by atoms with van der Waals surface area (Å²) >= 11 is 0. The number of nitrogens with zero attached hydrogens (tertiary/aromatic N) is 3. The van der Waals surface area contributed by atoms with Crippen molar-refractivity contribution in [2.24, 2.45) is 0 Å². The van der Waals surface area contributed by atoms with Crippen LogP contribution >= 0.6 is 0 Å². The van der Waals surface area contributed by atoms with Gasteiger partial charge in [0.15, 0.2) is 12.3 Å². The molecule has 6 nitrogen and oxygen atoms in total. The summed E-state index contributed by atoms with van der Waals surface area (Å²) in [6.45, 7) is 2.24. The Hall–Kier alpha value is -2.32. The molecule has 0 fully saturated rings.